The molecule has 1 saturated heterocycles. The van der Waals surface area contributed by atoms with E-state index < -0.39 is 5.82 Å². The van der Waals surface area contributed by atoms with Crippen molar-refractivity contribution in [1.29, 1.82) is 0 Å². The van der Waals surface area contributed by atoms with Gasteiger partial charge < -0.3 is 15.2 Å². The lowest BCUT2D eigenvalue weighted by atomic mass is 10.1. The molecule has 2 N–H and O–H groups in total. The molecule has 1 amide bonds. The maximum absolute atomic E-state index is 15.0. The van der Waals surface area contributed by atoms with Gasteiger partial charge in [0.15, 0.2) is 5.82 Å². The number of nitrogen functional groups attached to an aromatic ring is 1. The second-order valence-electron chi connectivity index (χ2n) is 7.24. The molecular weight excluding hydrogens is 383 g/mol. The number of aromatic nitrogens is 4. The Morgan fingerprint density at radius 2 is 2.07 bits per heavy atom. The van der Waals surface area contributed by atoms with E-state index in [-0.39, 0.29) is 34.5 Å². The van der Waals surface area contributed by atoms with Gasteiger partial charge in [-0.05, 0) is 32.4 Å². The summed E-state index contributed by atoms with van der Waals surface area (Å²) in [4.78, 5) is 26.3. The van der Waals surface area contributed by atoms with Crippen molar-refractivity contribution in [3.63, 3.8) is 0 Å². The summed E-state index contributed by atoms with van der Waals surface area (Å²) in [5.74, 6) is 0.330. The quantitative estimate of drug-likeness (QED) is 0.720. The average Bonchev–Trinajstić information content (AvgIpc) is 3.18. The number of nitrogens with two attached hydrogens (primary N) is 1. The van der Waals surface area contributed by atoms with Crippen LogP contribution in [0.2, 0.25) is 5.02 Å². The topological polar surface area (TPSA) is 89.9 Å². The molecule has 146 valence electrons. The van der Waals surface area contributed by atoms with Crippen LogP contribution in [0.4, 0.5) is 10.3 Å². The van der Waals surface area contributed by atoms with Crippen LogP contribution in [0.5, 0.6) is 0 Å². The highest BCUT2D eigenvalue weighted by atomic mass is 35.5. The number of likely N-dealkylation sites (tertiary alicyclic amines) is 1. The van der Waals surface area contributed by atoms with Gasteiger partial charge in [0.25, 0.3) is 0 Å². The van der Waals surface area contributed by atoms with Gasteiger partial charge in [0.2, 0.25) is 11.9 Å². The largest absolute Gasteiger partial charge is 0.368 e. The Kier molecular flexibility index (Phi) is 4.45. The highest BCUT2D eigenvalue weighted by molar-refractivity contribution is 6.33. The van der Waals surface area contributed by atoms with Crippen LogP contribution in [0.1, 0.15) is 44.6 Å². The Morgan fingerprint density at radius 1 is 1.32 bits per heavy atom. The van der Waals surface area contributed by atoms with Crippen LogP contribution in [0, 0.1) is 5.82 Å². The Bertz CT molecular complexity index is 1100. The molecule has 28 heavy (non-hydrogen) atoms. The Morgan fingerprint density at radius 3 is 2.71 bits per heavy atom. The fourth-order valence-corrected chi connectivity index (χ4v) is 3.97. The van der Waals surface area contributed by atoms with Gasteiger partial charge in [-0.25, -0.2) is 19.3 Å². The van der Waals surface area contributed by atoms with Gasteiger partial charge in [0.05, 0.1) is 28.5 Å². The summed E-state index contributed by atoms with van der Waals surface area (Å²) in [6, 6.07) is 2.99. The Balaban J connectivity index is 1.96. The van der Waals surface area contributed by atoms with E-state index in [0.717, 1.165) is 0 Å². The van der Waals surface area contributed by atoms with Gasteiger partial charge in [0.1, 0.15) is 11.3 Å². The molecule has 1 atom stereocenters. The summed E-state index contributed by atoms with van der Waals surface area (Å²) in [5.41, 5.74) is 7.42. The summed E-state index contributed by atoms with van der Waals surface area (Å²) >= 11 is 6.21. The van der Waals surface area contributed by atoms with Crippen LogP contribution < -0.4 is 5.73 Å². The highest BCUT2D eigenvalue weighted by Crippen LogP contribution is 2.37. The number of imidazole rings is 1. The SMILES string of the molecule is CC(C)n1c(C2CCC(=O)N2C)nc2c(F)cc(-c3nc(N)ncc3Cl)cc21. The molecule has 0 bridgehead atoms. The number of halogens is 2. The van der Waals surface area contributed by atoms with E-state index >= 15 is 4.39 Å². The summed E-state index contributed by atoms with van der Waals surface area (Å²) < 4.78 is 17.0. The molecule has 1 aliphatic heterocycles. The molecule has 2 aromatic heterocycles. The van der Waals surface area contributed by atoms with Crippen molar-refractivity contribution < 1.29 is 9.18 Å². The Labute approximate surface area is 166 Å². The molecule has 4 rings (SSSR count). The fraction of sp³-hybridized carbons (Fsp3) is 0.368. The molecule has 3 heterocycles. The van der Waals surface area contributed by atoms with Crippen molar-refractivity contribution in [1.82, 2.24) is 24.4 Å². The van der Waals surface area contributed by atoms with Crippen LogP contribution in [0.15, 0.2) is 18.3 Å². The molecule has 9 heteroatoms. The van der Waals surface area contributed by atoms with Crippen LogP contribution in [-0.2, 0) is 4.79 Å². The van der Waals surface area contributed by atoms with Gasteiger partial charge in [-0.3, -0.25) is 4.79 Å². The minimum atomic E-state index is -0.478. The predicted octanol–water partition coefficient (Wildman–Crippen LogP) is 3.74. The van der Waals surface area contributed by atoms with E-state index in [9.17, 15) is 4.79 Å². The van der Waals surface area contributed by atoms with E-state index in [0.29, 0.717) is 35.4 Å². The van der Waals surface area contributed by atoms with E-state index in [1.54, 1.807) is 18.0 Å². The molecule has 1 aliphatic rings. The minimum Gasteiger partial charge on any atom is -0.368 e. The second-order valence-corrected chi connectivity index (χ2v) is 7.65. The smallest absolute Gasteiger partial charge is 0.223 e. The zero-order chi connectivity index (χ0) is 20.2. The van der Waals surface area contributed by atoms with E-state index in [1.165, 1.54) is 12.3 Å². The maximum atomic E-state index is 15.0. The number of fused-ring (bicyclic) bond motifs is 1. The third kappa shape index (κ3) is 2.88. The van der Waals surface area contributed by atoms with E-state index in [1.807, 2.05) is 18.4 Å². The molecule has 0 saturated carbocycles. The first-order chi connectivity index (χ1) is 13.3. The first-order valence-electron chi connectivity index (χ1n) is 9.03. The normalized spacial score (nSPS) is 17.3. The second kappa shape index (κ2) is 6.70. The summed E-state index contributed by atoms with van der Waals surface area (Å²) in [7, 11) is 1.76. The first-order valence-corrected chi connectivity index (χ1v) is 9.41. The standard InChI is InChI=1S/C19H20ClFN6O/c1-9(2)27-14-7-10(16-11(20)8-23-19(22)25-16)6-12(21)17(14)24-18(27)13-4-5-15(28)26(13)3/h6-9,13H,4-5H2,1-3H3,(H2,22,23,25). The highest BCUT2D eigenvalue weighted by Gasteiger charge is 2.34. The zero-order valence-corrected chi connectivity index (χ0v) is 16.5. The number of hydrogen-bond donors (Lipinski definition) is 1. The molecule has 0 aliphatic carbocycles. The van der Waals surface area contributed by atoms with Crippen molar-refractivity contribution in [2.24, 2.45) is 0 Å². The van der Waals surface area contributed by atoms with Gasteiger partial charge in [-0.2, -0.15) is 0 Å². The number of benzene rings is 1. The molecule has 1 aromatic carbocycles. The minimum absolute atomic E-state index is 0.0182. The first kappa shape index (κ1) is 18.6. The molecule has 7 nitrogen and oxygen atoms in total. The third-order valence-corrected chi connectivity index (χ3v) is 5.40. The maximum Gasteiger partial charge on any atom is 0.223 e. The van der Waals surface area contributed by atoms with Crippen LogP contribution >= 0.6 is 11.6 Å². The molecular formula is C19H20ClFN6O. The molecule has 3 aromatic rings. The number of carbonyl (C=O) groups is 1. The van der Waals surface area contributed by atoms with Crippen molar-refractivity contribution >= 4 is 34.5 Å². The third-order valence-electron chi connectivity index (χ3n) is 5.12. The van der Waals surface area contributed by atoms with Crippen molar-refractivity contribution in [2.75, 3.05) is 12.8 Å². The zero-order valence-electron chi connectivity index (χ0n) is 15.8. The van der Waals surface area contributed by atoms with Crippen molar-refractivity contribution in [2.45, 2.75) is 38.8 Å². The lowest BCUT2D eigenvalue weighted by Crippen LogP contribution is -2.25. The lowest BCUT2D eigenvalue weighted by molar-refractivity contribution is -0.127. The van der Waals surface area contributed by atoms with Crippen LogP contribution in [0.25, 0.3) is 22.3 Å². The molecule has 1 unspecified atom stereocenters. The van der Waals surface area contributed by atoms with Gasteiger partial charge >= 0.3 is 0 Å². The number of amides is 1. The van der Waals surface area contributed by atoms with Gasteiger partial charge in [-0.1, -0.05) is 11.6 Å². The van der Waals surface area contributed by atoms with Crippen molar-refractivity contribution in [3.05, 3.63) is 35.0 Å². The number of anilines is 1. The van der Waals surface area contributed by atoms with Gasteiger partial charge in [0, 0.05) is 25.1 Å². The lowest BCUT2D eigenvalue weighted by Gasteiger charge is -2.22. The van der Waals surface area contributed by atoms with E-state index in [4.69, 9.17) is 17.3 Å². The van der Waals surface area contributed by atoms with Gasteiger partial charge in [-0.15, -0.1) is 0 Å². The molecule has 0 spiro atoms. The number of hydrogen-bond acceptors (Lipinski definition) is 5. The number of rotatable bonds is 3. The van der Waals surface area contributed by atoms with Crippen LogP contribution in [-0.4, -0.2) is 37.4 Å². The molecule has 1 fully saturated rings. The van der Waals surface area contributed by atoms with Crippen LogP contribution in [0.3, 0.4) is 0 Å². The average molecular weight is 403 g/mol. The Hall–Kier alpha value is -2.74. The van der Waals surface area contributed by atoms with E-state index in [2.05, 4.69) is 15.0 Å². The predicted molar refractivity (Wildman–Crippen MR) is 105 cm³/mol. The monoisotopic (exact) mass is 402 g/mol. The molecule has 0 radical (unpaired) electrons. The number of carbonyl (C=O) groups excluding carboxylic acids is 1. The number of nitrogens with zero attached hydrogens (tertiary/aromatic N) is 5. The summed E-state index contributed by atoms with van der Waals surface area (Å²) in [5, 5.41) is 0.282. The summed E-state index contributed by atoms with van der Waals surface area (Å²) in [6.07, 6.45) is 2.52. The van der Waals surface area contributed by atoms with Crippen molar-refractivity contribution in [3.8, 4) is 11.3 Å². The fourth-order valence-electron chi connectivity index (χ4n) is 3.77. The summed E-state index contributed by atoms with van der Waals surface area (Å²) in [6.45, 7) is 4.00.